The van der Waals surface area contributed by atoms with Crippen molar-refractivity contribution in [1.82, 2.24) is 0 Å². The molecule has 1 aliphatic heterocycles. The summed E-state index contributed by atoms with van der Waals surface area (Å²) in [5.41, 5.74) is 0. The molecule has 0 aromatic heterocycles. The van der Waals surface area contributed by atoms with E-state index < -0.39 is 0 Å². The molecule has 0 atom stereocenters. The molecule has 1 amide bonds. The quantitative estimate of drug-likeness (QED) is 0.446. The van der Waals surface area contributed by atoms with Crippen LogP contribution in [0.1, 0.15) is 0 Å². The van der Waals surface area contributed by atoms with Gasteiger partial charge in [-0.2, -0.15) is 4.99 Å². The molecule has 0 bridgehead atoms. The molecule has 0 aromatic rings. The van der Waals surface area contributed by atoms with E-state index in [1.807, 2.05) is 0 Å². The summed E-state index contributed by atoms with van der Waals surface area (Å²) in [7, 11) is 0. The van der Waals surface area contributed by atoms with E-state index in [0.29, 0.717) is 11.0 Å². The molecule has 0 N–H and O–H groups in total. The van der Waals surface area contributed by atoms with Gasteiger partial charge in [0, 0.05) is 0 Å². The largest absolute Gasteiger partial charge is 0.305 e. The van der Waals surface area contributed by atoms with Crippen LogP contribution in [0.25, 0.3) is 0 Å². The molecule has 64 valence electrons. The van der Waals surface area contributed by atoms with Gasteiger partial charge in [-0.3, -0.25) is 9.28 Å². The monoisotopic (exact) mass is 165 g/mol. The minimum Gasteiger partial charge on any atom is -0.267 e. The van der Waals surface area contributed by atoms with Crippen LogP contribution in [-0.2, 0) is 4.79 Å². The first kappa shape index (κ1) is 8.87. The predicted octanol–water partition coefficient (Wildman–Crippen LogP) is 0.744. The van der Waals surface area contributed by atoms with E-state index in [9.17, 15) is 4.79 Å². The predicted molar refractivity (Wildman–Crippen MR) is 48.8 cm³/mol. The molecule has 0 saturated carbocycles. The Hall–Kier alpha value is -1.22. The fourth-order valence-corrected chi connectivity index (χ4v) is 1.35. The third kappa shape index (κ3) is 1.68. The van der Waals surface area contributed by atoms with Crippen LogP contribution in [-0.4, -0.2) is 36.4 Å². The number of hydrogen-bond donors (Lipinski definition) is 0. The van der Waals surface area contributed by atoms with E-state index >= 15 is 0 Å². The molecule has 0 radical (unpaired) electrons. The SMILES string of the molecule is C=CC[N+]1(CC=C)C=NC(=O)C1. The van der Waals surface area contributed by atoms with Crippen molar-refractivity contribution in [2.24, 2.45) is 4.99 Å². The van der Waals surface area contributed by atoms with Gasteiger partial charge in [0.2, 0.25) is 0 Å². The van der Waals surface area contributed by atoms with Crippen molar-refractivity contribution in [2.45, 2.75) is 0 Å². The fraction of sp³-hybridized carbons (Fsp3) is 0.333. The highest BCUT2D eigenvalue weighted by Gasteiger charge is 2.31. The van der Waals surface area contributed by atoms with Gasteiger partial charge in [-0.1, -0.05) is 13.2 Å². The van der Waals surface area contributed by atoms with Gasteiger partial charge in [-0.15, -0.1) is 0 Å². The molecule has 1 aliphatic rings. The summed E-state index contributed by atoms with van der Waals surface area (Å²) < 4.78 is 0.547. The van der Waals surface area contributed by atoms with Crippen LogP contribution in [0.3, 0.4) is 0 Å². The molecule has 0 spiro atoms. The van der Waals surface area contributed by atoms with E-state index in [-0.39, 0.29) is 5.91 Å². The van der Waals surface area contributed by atoms with Crippen LogP contribution >= 0.6 is 0 Å². The lowest BCUT2D eigenvalue weighted by molar-refractivity contribution is -0.810. The summed E-state index contributed by atoms with van der Waals surface area (Å²) >= 11 is 0. The number of amides is 1. The zero-order chi connectivity index (χ0) is 9.03. The van der Waals surface area contributed by atoms with Gasteiger partial charge in [0.25, 0.3) is 0 Å². The van der Waals surface area contributed by atoms with E-state index in [0.717, 1.165) is 13.1 Å². The number of carbonyl (C=O) groups is 1. The molecule has 3 nitrogen and oxygen atoms in total. The van der Waals surface area contributed by atoms with Gasteiger partial charge < -0.3 is 0 Å². The van der Waals surface area contributed by atoms with Crippen LogP contribution in [0.4, 0.5) is 0 Å². The van der Waals surface area contributed by atoms with Gasteiger partial charge in [-0.05, 0) is 12.2 Å². The maximum atomic E-state index is 10.9. The molecule has 1 heterocycles. The van der Waals surface area contributed by atoms with Gasteiger partial charge >= 0.3 is 5.91 Å². The van der Waals surface area contributed by atoms with E-state index in [1.54, 1.807) is 18.5 Å². The molecule has 0 aliphatic carbocycles. The Balaban J connectivity index is 2.74. The minimum atomic E-state index is -0.0568. The van der Waals surface area contributed by atoms with Crippen molar-refractivity contribution in [3.8, 4) is 0 Å². The standard InChI is InChI=1S/C9H13N2O/c1-3-5-11(6-4-2)7-9(12)10-8-11/h3-4,8H,1-2,5-7H2/q+1. The lowest BCUT2D eigenvalue weighted by Crippen LogP contribution is -2.46. The number of aliphatic imine (C=N–C) groups is 1. The summed E-state index contributed by atoms with van der Waals surface area (Å²) in [6.45, 7) is 9.22. The first-order valence-electron chi connectivity index (χ1n) is 3.88. The lowest BCUT2D eigenvalue weighted by atomic mass is 10.3. The van der Waals surface area contributed by atoms with Crippen molar-refractivity contribution in [2.75, 3.05) is 19.6 Å². The third-order valence-electron chi connectivity index (χ3n) is 1.88. The molecule has 0 fully saturated rings. The molecule has 0 unspecified atom stereocenters. The second-order valence-corrected chi connectivity index (χ2v) is 2.96. The first-order valence-corrected chi connectivity index (χ1v) is 3.88. The van der Waals surface area contributed by atoms with Crippen LogP contribution in [0.5, 0.6) is 0 Å². The highest BCUT2D eigenvalue weighted by Crippen LogP contribution is 2.09. The Labute approximate surface area is 72.3 Å². The molecule has 0 aromatic carbocycles. The Morgan fingerprint density at radius 2 is 2.08 bits per heavy atom. The number of nitrogens with zero attached hydrogens (tertiary/aromatic N) is 2. The van der Waals surface area contributed by atoms with Gasteiger partial charge in [0.15, 0.2) is 12.9 Å². The van der Waals surface area contributed by atoms with Crippen molar-refractivity contribution >= 4 is 12.2 Å². The normalized spacial score (nSPS) is 19.5. The maximum Gasteiger partial charge on any atom is 0.305 e. The number of quaternary nitrogens is 1. The first-order chi connectivity index (χ1) is 5.72. The summed E-state index contributed by atoms with van der Waals surface area (Å²) in [5, 5.41) is 0. The summed E-state index contributed by atoms with van der Waals surface area (Å²) in [6.07, 6.45) is 5.29. The van der Waals surface area contributed by atoms with Crippen molar-refractivity contribution in [1.29, 1.82) is 0 Å². The molecule has 1 rings (SSSR count). The van der Waals surface area contributed by atoms with Gasteiger partial charge in [0.1, 0.15) is 13.1 Å². The lowest BCUT2D eigenvalue weighted by Gasteiger charge is -2.26. The number of rotatable bonds is 4. The van der Waals surface area contributed by atoms with Crippen molar-refractivity contribution in [3.05, 3.63) is 25.3 Å². The van der Waals surface area contributed by atoms with Crippen LogP contribution in [0.15, 0.2) is 30.3 Å². The zero-order valence-corrected chi connectivity index (χ0v) is 7.07. The number of carbonyl (C=O) groups excluding carboxylic acids is 1. The zero-order valence-electron chi connectivity index (χ0n) is 7.07. The highest BCUT2D eigenvalue weighted by atomic mass is 16.2. The van der Waals surface area contributed by atoms with Gasteiger partial charge in [-0.25, -0.2) is 0 Å². The Morgan fingerprint density at radius 1 is 1.50 bits per heavy atom. The Kier molecular flexibility index (Phi) is 2.55. The third-order valence-corrected chi connectivity index (χ3v) is 1.88. The van der Waals surface area contributed by atoms with E-state index in [4.69, 9.17) is 0 Å². The second-order valence-electron chi connectivity index (χ2n) is 2.96. The fourth-order valence-electron chi connectivity index (χ4n) is 1.35. The minimum absolute atomic E-state index is 0.0568. The average molecular weight is 165 g/mol. The topological polar surface area (TPSA) is 29.4 Å². The van der Waals surface area contributed by atoms with Crippen LogP contribution < -0.4 is 0 Å². The molecule has 3 heteroatoms. The molecule has 0 saturated heterocycles. The van der Waals surface area contributed by atoms with Gasteiger partial charge in [0.05, 0.1) is 0 Å². The van der Waals surface area contributed by atoms with Crippen molar-refractivity contribution in [3.63, 3.8) is 0 Å². The van der Waals surface area contributed by atoms with Crippen LogP contribution in [0, 0.1) is 0 Å². The smallest absolute Gasteiger partial charge is 0.267 e. The highest BCUT2D eigenvalue weighted by molar-refractivity contribution is 5.88. The Morgan fingerprint density at radius 3 is 2.42 bits per heavy atom. The average Bonchev–Trinajstić information content (AvgIpc) is 2.34. The van der Waals surface area contributed by atoms with E-state index in [2.05, 4.69) is 18.2 Å². The van der Waals surface area contributed by atoms with Crippen LogP contribution in [0.2, 0.25) is 0 Å². The Bertz CT molecular complexity index is 233. The van der Waals surface area contributed by atoms with Crippen molar-refractivity contribution < 1.29 is 9.28 Å². The number of hydrogen-bond acceptors (Lipinski definition) is 1. The second kappa shape index (κ2) is 3.45. The molecule has 12 heavy (non-hydrogen) atoms. The van der Waals surface area contributed by atoms with E-state index in [1.165, 1.54) is 0 Å². The molecular formula is C9H13N2O+. The summed E-state index contributed by atoms with van der Waals surface area (Å²) in [4.78, 5) is 14.7. The maximum absolute atomic E-state index is 10.9. The summed E-state index contributed by atoms with van der Waals surface area (Å²) in [5.74, 6) is -0.0568. The molecular weight excluding hydrogens is 152 g/mol. The summed E-state index contributed by atoms with van der Waals surface area (Å²) in [6, 6.07) is 0.